The van der Waals surface area contributed by atoms with Gasteiger partial charge < -0.3 is 15.6 Å². The maximum absolute atomic E-state index is 11.1. The smallest absolute Gasteiger partial charge is 0.339 e. The fourth-order valence-electron chi connectivity index (χ4n) is 1.30. The van der Waals surface area contributed by atoms with E-state index in [1.54, 1.807) is 0 Å². The summed E-state index contributed by atoms with van der Waals surface area (Å²) in [4.78, 5) is 11.1. The van der Waals surface area contributed by atoms with Gasteiger partial charge in [0, 0.05) is 6.04 Å². The fraction of sp³-hybridized carbons (Fsp3) is 0.889. The van der Waals surface area contributed by atoms with Crippen molar-refractivity contribution in [2.24, 2.45) is 11.7 Å². The molecule has 3 N–H and O–H groups in total. The predicted molar refractivity (Wildman–Crippen MR) is 48.0 cm³/mol. The molecule has 2 unspecified atom stereocenters. The molecule has 1 saturated carbocycles. The van der Waals surface area contributed by atoms with Gasteiger partial charge in [0.1, 0.15) is 0 Å². The Balaban J connectivity index is 2.49. The van der Waals surface area contributed by atoms with Gasteiger partial charge in [0.05, 0.1) is 7.11 Å². The van der Waals surface area contributed by atoms with Crippen LogP contribution in [0.2, 0.25) is 0 Å². The number of methoxy groups -OCH3 is 1. The van der Waals surface area contributed by atoms with Crippen LogP contribution in [0.4, 0.5) is 0 Å². The number of rotatable bonds is 4. The highest BCUT2D eigenvalue weighted by Crippen LogP contribution is 2.35. The molecular weight excluding hydrogens is 170 g/mol. The Morgan fingerprint density at radius 1 is 1.77 bits per heavy atom. The van der Waals surface area contributed by atoms with Crippen LogP contribution in [-0.4, -0.2) is 29.8 Å². The number of carbonyl (C=O) groups is 1. The highest BCUT2D eigenvalue weighted by atomic mass is 16.5. The summed E-state index contributed by atoms with van der Waals surface area (Å²) >= 11 is 0. The first kappa shape index (κ1) is 10.5. The van der Waals surface area contributed by atoms with Gasteiger partial charge in [-0.1, -0.05) is 12.8 Å². The molecule has 0 bridgehead atoms. The zero-order valence-corrected chi connectivity index (χ0v) is 8.12. The van der Waals surface area contributed by atoms with Crippen molar-refractivity contribution in [2.75, 3.05) is 7.11 Å². The molecule has 1 rings (SSSR count). The van der Waals surface area contributed by atoms with Crippen molar-refractivity contribution in [3.05, 3.63) is 0 Å². The molecule has 1 aliphatic rings. The number of hydrogen-bond donors (Lipinski definition) is 2. The van der Waals surface area contributed by atoms with Gasteiger partial charge >= 0.3 is 5.97 Å². The normalized spacial score (nSPS) is 23.4. The lowest BCUT2D eigenvalue weighted by Crippen LogP contribution is -2.52. The maximum atomic E-state index is 11.1. The molecule has 0 aromatic heterocycles. The molecule has 76 valence electrons. The molecule has 4 heteroatoms. The van der Waals surface area contributed by atoms with Crippen LogP contribution < -0.4 is 5.73 Å². The lowest BCUT2D eigenvalue weighted by Gasteiger charge is -2.27. The third kappa shape index (κ3) is 2.42. The Labute approximate surface area is 78.1 Å². The second kappa shape index (κ2) is 3.64. The standard InChI is InChI=1S/C9H17NO3/c1-9(12,8(11)13-2)7(10)5-6-3-4-6/h6-7,12H,3-5,10H2,1-2H3. The van der Waals surface area contributed by atoms with E-state index in [1.807, 2.05) is 0 Å². The second-order valence-corrected chi connectivity index (χ2v) is 3.92. The van der Waals surface area contributed by atoms with E-state index in [1.165, 1.54) is 14.0 Å². The topological polar surface area (TPSA) is 72.5 Å². The second-order valence-electron chi connectivity index (χ2n) is 3.92. The minimum Gasteiger partial charge on any atom is -0.467 e. The van der Waals surface area contributed by atoms with Gasteiger partial charge in [-0.25, -0.2) is 4.79 Å². The molecule has 0 amide bonds. The molecular formula is C9H17NO3. The maximum Gasteiger partial charge on any atom is 0.339 e. The fourth-order valence-corrected chi connectivity index (χ4v) is 1.30. The van der Waals surface area contributed by atoms with Crippen LogP contribution in [0.25, 0.3) is 0 Å². The molecule has 4 nitrogen and oxygen atoms in total. The summed E-state index contributed by atoms with van der Waals surface area (Å²) in [5, 5.41) is 9.73. The summed E-state index contributed by atoms with van der Waals surface area (Å²) in [5.41, 5.74) is 4.17. The minimum atomic E-state index is -1.54. The first-order chi connectivity index (χ1) is 5.98. The molecule has 13 heavy (non-hydrogen) atoms. The average molecular weight is 187 g/mol. The lowest BCUT2D eigenvalue weighted by molar-refractivity contribution is -0.162. The molecule has 0 saturated heterocycles. The first-order valence-electron chi connectivity index (χ1n) is 4.55. The summed E-state index contributed by atoms with van der Waals surface area (Å²) in [5.74, 6) is -0.0632. The summed E-state index contributed by atoms with van der Waals surface area (Å²) in [7, 11) is 1.25. The van der Waals surface area contributed by atoms with Crippen molar-refractivity contribution in [2.45, 2.75) is 37.8 Å². The third-order valence-corrected chi connectivity index (χ3v) is 2.60. The zero-order valence-electron chi connectivity index (χ0n) is 8.12. The van der Waals surface area contributed by atoms with Crippen molar-refractivity contribution in [3.63, 3.8) is 0 Å². The van der Waals surface area contributed by atoms with E-state index >= 15 is 0 Å². The Hall–Kier alpha value is -0.610. The summed E-state index contributed by atoms with van der Waals surface area (Å²) < 4.78 is 4.47. The molecule has 1 fully saturated rings. The summed E-state index contributed by atoms with van der Waals surface area (Å²) in [6, 6.07) is -0.521. The molecule has 0 aromatic carbocycles. The van der Waals surface area contributed by atoms with Crippen molar-refractivity contribution in [1.29, 1.82) is 0 Å². The van der Waals surface area contributed by atoms with E-state index in [2.05, 4.69) is 4.74 Å². The number of esters is 1. The van der Waals surface area contributed by atoms with E-state index in [-0.39, 0.29) is 0 Å². The molecule has 0 aliphatic heterocycles. The van der Waals surface area contributed by atoms with Gasteiger partial charge in [-0.2, -0.15) is 0 Å². The molecule has 0 heterocycles. The monoisotopic (exact) mass is 187 g/mol. The van der Waals surface area contributed by atoms with Crippen molar-refractivity contribution >= 4 is 5.97 Å². The average Bonchev–Trinajstić information content (AvgIpc) is 2.86. The van der Waals surface area contributed by atoms with Crippen LogP contribution >= 0.6 is 0 Å². The van der Waals surface area contributed by atoms with E-state index in [9.17, 15) is 9.90 Å². The quantitative estimate of drug-likeness (QED) is 0.609. The van der Waals surface area contributed by atoms with Crippen LogP contribution in [0.5, 0.6) is 0 Å². The molecule has 1 aliphatic carbocycles. The molecule has 0 radical (unpaired) electrons. The van der Waals surface area contributed by atoms with Crippen LogP contribution in [0.3, 0.4) is 0 Å². The number of aliphatic hydroxyl groups is 1. The van der Waals surface area contributed by atoms with Crippen LogP contribution in [0.1, 0.15) is 26.2 Å². The van der Waals surface area contributed by atoms with E-state index in [4.69, 9.17) is 5.73 Å². The van der Waals surface area contributed by atoms with Crippen LogP contribution in [0, 0.1) is 5.92 Å². The Bertz CT molecular complexity index is 199. The Morgan fingerprint density at radius 2 is 2.31 bits per heavy atom. The van der Waals surface area contributed by atoms with Gasteiger partial charge in [0.25, 0.3) is 0 Å². The van der Waals surface area contributed by atoms with Gasteiger partial charge in [0.15, 0.2) is 5.60 Å². The van der Waals surface area contributed by atoms with Gasteiger partial charge in [0.2, 0.25) is 0 Å². The first-order valence-corrected chi connectivity index (χ1v) is 4.55. The van der Waals surface area contributed by atoms with Crippen LogP contribution in [0.15, 0.2) is 0 Å². The van der Waals surface area contributed by atoms with Crippen LogP contribution in [-0.2, 0) is 9.53 Å². The molecule has 2 atom stereocenters. The molecule has 0 spiro atoms. The number of ether oxygens (including phenoxy) is 1. The van der Waals surface area contributed by atoms with Gasteiger partial charge in [-0.3, -0.25) is 0 Å². The van der Waals surface area contributed by atoms with Crippen molar-refractivity contribution < 1.29 is 14.6 Å². The summed E-state index contributed by atoms with van der Waals surface area (Å²) in [6.45, 7) is 1.41. The lowest BCUT2D eigenvalue weighted by atomic mass is 9.93. The minimum absolute atomic E-state index is 0.521. The Morgan fingerprint density at radius 3 is 2.69 bits per heavy atom. The van der Waals surface area contributed by atoms with Crippen molar-refractivity contribution in [1.82, 2.24) is 0 Å². The number of carbonyl (C=O) groups excluding carboxylic acids is 1. The predicted octanol–water partition coefficient (Wildman–Crippen LogP) is 0.0378. The summed E-state index contributed by atoms with van der Waals surface area (Å²) in [6.07, 6.45) is 3.01. The largest absolute Gasteiger partial charge is 0.467 e. The number of nitrogens with two attached hydrogens (primary N) is 1. The van der Waals surface area contributed by atoms with Gasteiger partial charge in [-0.15, -0.1) is 0 Å². The highest BCUT2D eigenvalue weighted by Gasteiger charge is 2.40. The van der Waals surface area contributed by atoms with Crippen molar-refractivity contribution in [3.8, 4) is 0 Å². The van der Waals surface area contributed by atoms with E-state index in [0.29, 0.717) is 12.3 Å². The van der Waals surface area contributed by atoms with Gasteiger partial charge in [-0.05, 0) is 19.3 Å². The highest BCUT2D eigenvalue weighted by molar-refractivity contribution is 5.79. The Kier molecular flexibility index (Phi) is 2.93. The number of hydrogen-bond acceptors (Lipinski definition) is 4. The molecule has 0 aromatic rings. The zero-order chi connectivity index (χ0) is 10.1. The third-order valence-electron chi connectivity index (χ3n) is 2.60. The van der Waals surface area contributed by atoms with E-state index < -0.39 is 17.6 Å². The van der Waals surface area contributed by atoms with E-state index in [0.717, 1.165) is 12.8 Å². The SMILES string of the molecule is COC(=O)C(C)(O)C(N)CC1CC1.